The van der Waals surface area contributed by atoms with E-state index in [1.54, 1.807) is 12.2 Å². The van der Waals surface area contributed by atoms with Gasteiger partial charge in [0.25, 0.3) is 0 Å². The van der Waals surface area contributed by atoms with Gasteiger partial charge in [0.2, 0.25) is 0 Å². The normalized spacial score (nSPS) is 14.2. The van der Waals surface area contributed by atoms with Crippen LogP contribution in [0, 0.1) is 0 Å². The molecule has 1 atom stereocenters. The fourth-order valence-electron chi connectivity index (χ4n) is 1.41. The molecule has 0 rings (SSSR count). The van der Waals surface area contributed by atoms with Crippen molar-refractivity contribution >= 4 is 11.3 Å². The first kappa shape index (κ1) is 18.9. The first-order valence-corrected chi connectivity index (χ1v) is 8.29. The quantitative estimate of drug-likeness (QED) is 0.317. The van der Waals surface area contributed by atoms with Crippen LogP contribution in [0.15, 0.2) is 48.9 Å². The molecule has 3 nitrogen and oxygen atoms in total. The second kappa shape index (κ2) is 14.3. The van der Waals surface area contributed by atoms with Gasteiger partial charge < -0.3 is 4.55 Å². The summed E-state index contributed by atoms with van der Waals surface area (Å²) < 4.78 is 23.2. The van der Waals surface area contributed by atoms with Gasteiger partial charge in [0.05, 0.1) is 11.3 Å². The van der Waals surface area contributed by atoms with Crippen molar-refractivity contribution in [2.75, 3.05) is 0 Å². The molecule has 0 fully saturated rings. The molecule has 4 heteroatoms. The van der Waals surface area contributed by atoms with Crippen molar-refractivity contribution in [3.8, 4) is 0 Å². The van der Waals surface area contributed by atoms with E-state index in [4.69, 9.17) is 0 Å². The Bertz CT molecular complexity index is 331. The van der Waals surface area contributed by atoms with Gasteiger partial charge in [0.1, 0.15) is 0 Å². The number of rotatable bonds is 11. The molecule has 0 N–H and O–H groups in total. The molecule has 0 saturated heterocycles. The maximum Gasteiger partial charge on any atom is 0.0511 e. The molecule has 0 spiro atoms. The fraction of sp³-hybridized carbons (Fsp3) is 0.500. The number of hydrogen-bond donors (Lipinski definition) is 0. The highest BCUT2D eigenvalue weighted by Crippen LogP contribution is 2.00. The van der Waals surface area contributed by atoms with E-state index in [1.165, 1.54) is 12.4 Å². The van der Waals surface area contributed by atoms with Crippen molar-refractivity contribution in [2.24, 2.45) is 0 Å². The van der Waals surface area contributed by atoms with Crippen molar-refractivity contribution in [2.45, 2.75) is 52.4 Å². The van der Waals surface area contributed by atoms with Crippen LogP contribution >= 0.6 is 0 Å². The largest absolute Gasteiger partial charge is 0.755 e. The number of nitrogens with zero attached hydrogens (tertiary/aromatic N) is 1. The third-order valence-corrected chi connectivity index (χ3v) is 3.17. The Hall–Kier alpha value is -1.13. The van der Waals surface area contributed by atoms with Crippen LogP contribution in [0.25, 0.3) is 0 Å². The average Bonchev–Trinajstić information content (AvgIpc) is 2.43. The molecule has 0 aliphatic heterocycles. The second-order valence-electron chi connectivity index (χ2n) is 4.40. The van der Waals surface area contributed by atoms with Crippen LogP contribution in [0.5, 0.6) is 0 Å². The molecular formula is C16H26NO2S-. The molecule has 0 aromatic rings. The Morgan fingerprint density at radius 1 is 0.900 bits per heavy atom. The van der Waals surface area contributed by atoms with Crippen LogP contribution in [-0.2, 0) is 11.3 Å². The van der Waals surface area contributed by atoms with Crippen molar-refractivity contribution in [3.63, 3.8) is 0 Å². The van der Waals surface area contributed by atoms with Crippen LogP contribution in [-0.4, -0.2) is 13.1 Å². The van der Waals surface area contributed by atoms with E-state index in [0.717, 1.165) is 42.8 Å². The standard InChI is InChI=1S/C16H27NO2S/c1-3-5-7-9-11-13-15-17(20(18)19)16-14-12-10-8-6-4-2/h9-16H,3-8H2,1-2H3,(H,18,19)/p-1. The molecule has 0 aliphatic carbocycles. The lowest BCUT2D eigenvalue weighted by atomic mass is 10.2. The summed E-state index contributed by atoms with van der Waals surface area (Å²) in [5, 5.41) is 0. The SMILES string of the molecule is CCCCC=CC=CN(C=CC=CCCCC)S(=O)[O-]. The van der Waals surface area contributed by atoms with E-state index >= 15 is 0 Å². The molecule has 0 amide bonds. The van der Waals surface area contributed by atoms with Crippen LogP contribution in [0.1, 0.15) is 52.4 Å². The first-order chi connectivity index (χ1) is 9.72. The minimum atomic E-state index is -2.28. The molecule has 0 aromatic carbocycles. The summed E-state index contributed by atoms with van der Waals surface area (Å²) in [6, 6.07) is 0. The van der Waals surface area contributed by atoms with Gasteiger partial charge in [-0.25, -0.2) is 0 Å². The summed E-state index contributed by atoms with van der Waals surface area (Å²) in [5.74, 6) is 0. The van der Waals surface area contributed by atoms with Gasteiger partial charge in [-0.3, -0.25) is 8.51 Å². The minimum Gasteiger partial charge on any atom is -0.755 e. The van der Waals surface area contributed by atoms with Gasteiger partial charge in [-0.1, -0.05) is 63.8 Å². The molecule has 0 bridgehead atoms. The zero-order chi connectivity index (χ0) is 15.1. The highest BCUT2D eigenvalue weighted by molar-refractivity contribution is 7.76. The van der Waals surface area contributed by atoms with Crippen molar-refractivity contribution < 1.29 is 8.76 Å². The van der Waals surface area contributed by atoms with E-state index in [9.17, 15) is 8.76 Å². The maximum absolute atomic E-state index is 11.0. The molecule has 0 aliphatic rings. The minimum absolute atomic E-state index is 1.03. The summed E-state index contributed by atoms with van der Waals surface area (Å²) in [6.07, 6.45) is 21.1. The average molecular weight is 296 g/mol. The number of allylic oxidation sites excluding steroid dienone is 6. The lowest BCUT2D eigenvalue weighted by Gasteiger charge is -2.16. The summed E-state index contributed by atoms with van der Waals surface area (Å²) in [4.78, 5) is 0. The highest BCUT2D eigenvalue weighted by Gasteiger charge is 1.90. The van der Waals surface area contributed by atoms with Crippen LogP contribution < -0.4 is 0 Å². The van der Waals surface area contributed by atoms with Gasteiger partial charge in [-0.05, 0) is 25.0 Å². The monoisotopic (exact) mass is 296 g/mol. The Labute approximate surface area is 126 Å². The van der Waals surface area contributed by atoms with Gasteiger partial charge >= 0.3 is 0 Å². The lowest BCUT2D eigenvalue weighted by molar-refractivity contribution is 0.496. The third-order valence-electron chi connectivity index (χ3n) is 2.58. The number of hydrogen-bond acceptors (Lipinski definition) is 2. The predicted molar refractivity (Wildman–Crippen MR) is 86.4 cm³/mol. The van der Waals surface area contributed by atoms with Gasteiger partial charge in [0, 0.05) is 12.4 Å². The van der Waals surface area contributed by atoms with E-state index in [0.29, 0.717) is 0 Å². The molecule has 20 heavy (non-hydrogen) atoms. The van der Waals surface area contributed by atoms with Crippen molar-refractivity contribution in [1.82, 2.24) is 4.31 Å². The van der Waals surface area contributed by atoms with Gasteiger partial charge in [-0.2, -0.15) is 0 Å². The summed E-state index contributed by atoms with van der Waals surface area (Å²) in [6.45, 7) is 4.29. The van der Waals surface area contributed by atoms with E-state index < -0.39 is 11.3 Å². The fourth-order valence-corrected chi connectivity index (χ4v) is 1.75. The highest BCUT2D eigenvalue weighted by atomic mass is 32.2. The predicted octanol–water partition coefficient (Wildman–Crippen LogP) is 4.60. The number of unbranched alkanes of at least 4 members (excludes halogenated alkanes) is 4. The van der Waals surface area contributed by atoms with Gasteiger partial charge in [-0.15, -0.1) is 0 Å². The maximum atomic E-state index is 11.0. The molecule has 114 valence electrons. The van der Waals surface area contributed by atoms with Crippen LogP contribution in [0.4, 0.5) is 0 Å². The van der Waals surface area contributed by atoms with Gasteiger partial charge in [0.15, 0.2) is 0 Å². The zero-order valence-electron chi connectivity index (χ0n) is 12.5. The lowest BCUT2D eigenvalue weighted by Crippen LogP contribution is -2.11. The molecule has 0 radical (unpaired) electrons. The Balaban J connectivity index is 4.19. The Morgan fingerprint density at radius 3 is 1.70 bits per heavy atom. The molecule has 0 heterocycles. The van der Waals surface area contributed by atoms with Crippen LogP contribution in [0.3, 0.4) is 0 Å². The topological polar surface area (TPSA) is 43.4 Å². The smallest absolute Gasteiger partial charge is 0.0511 e. The summed E-state index contributed by atoms with van der Waals surface area (Å²) in [7, 11) is 0. The first-order valence-electron chi connectivity index (χ1n) is 7.26. The second-order valence-corrected chi connectivity index (χ2v) is 5.26. The molecular weight excluding hydrogens is 270 g/mol. The summed E-state index contributed by atoms with van der Waals surface area (Å²) in [5.41, 5.74) is 0. The third kappa shape index (κ3) is 11.9. The molecule has 0 aromatic heterocycles. The van der Waals surface area contributed by atoms with Crippen LogP contribution in [0.2, 0.25) is 0 Å². The van der Waals surface area contributed by atoms with Crippen molar-refractivity contribution in [3.05, 3.63) is 48.9 Å². The Kier molecular flexibility index (Phi) is 13.5. The molecule has 0 saturated carbocycles. The molecule has 1 unspecified atom stereocenters. The van der Waals surface area contributed by atoms with E-state index in [1.807, 2.05) is 24.3 Å². The van der Waals surface area contributed by atoms with Crippen molar-refractivity contribution in [1.29, 1.82) is 0 Å². The van der Waals surface area contributed by atoms with E-state index in [-0.39, 0.29) is 0 Å². The van der Waals surface area contributed by atoms with E-state index in [2.05, 4.69) is 13.8 Å². The Morgan fingerprint density at radius 2 is 1.35 bits per heavy atom. The zero-order valence-corrected chi connectivity index (χ0v) is 13.3. The summed E-state index contributed by atoms with van der Waals surface area (Å²) >= 11 is -2.28.